The summed E-state index contributed by atoms with van der Waals surface area (Å²) in [6.07, 6.45) is 7.41. The van der Waals surface area contributed by atoms with E-state index in [0.717, 1.165) is 77.4 Å². The first-order valence-electron chi connectivity index (χ1n) is 12.9. The second-order valence-corrected chi connectivity index (χ2v) is 13.1. The lowest BCUT2D eigenvalue weighted by Crippen LogP contribution is -2.39. The molecule has 2 saturated heterocycles. The van der Waals surface area contributed by atoms with E-state index in [1.807, 2.05) is 35.0 Å². The monoisotopic (exact) mass is 586 g/mol. The van der Waals surface area contributed by atoms with Gasteiger partial charge in [-0.1, -0.05) is 47.6 Å². The van der Waals surface area contributed by atoms with Gasteiger partial charge in [0, 0.05) is 29.8 Å². The highest BCUT2D eigenvalue weighted by Gasteiger charge is 2.33. The van der Waals surface area contributed by atoms with Crippen LogP contribution in [0.3, 0.4) is 0 Å². The van der Waals surface area contributed by atoms with Crippen molar-refractivity contribution in [2.75, 3.05) is 30.8 Å². The lowest BCUT2D eigenvalue weighted by molar-refractivity contribution is 0.180. The van der Waals surface area contributed by atoms with Crippen LogP contribution in [0.1, 0.15) is 61.5 Å². The third-order valence-electron chi connectivity index (χ3n) is 7.45. The summed E-state index contributed by atoms with van der Waals surface area (Å²) in [6, 6.07) is 9.19. The number of rotatable bonds is 7. The van der Waals surface area contributed by atoms with Crippen LogP contribution in [0, 0.1) is 12.8 Å². The SMILES string of the molecule is C=C(C(NS(C)(=O)=O)c1ccccc1Br)N1CCCC[C@H]1c1cn2nc(N3CC[C@H](C)C3)c(C)cc2n1. The molecule has 4 heterocycles. The highest BCUT2D eigenvalue weighted by molar-refractivity contribution is 9.10. The van der Waals surface area contributed by atoms with E-state index >= 15 is 0 Å². The summed E-state index contributed by atoms with van der Waals surface area (Å²) in [4.78, 5) is 9.58. The molecule has 0 aliphatic carbocycles. The first-order chi connectivity index (χ1) is 17.6. The molecule has 198 valence electrons. The highest BCUT2D eigenvalue weighted by Crippen LogP contribution is 2.39. The van der Waals surface area contributed by atoms with Crippen molar-refractivity contribution in [2.45, 2.75) is 51.6 Å². The van der Waals surface area contributed by atoms with Gasteiger partial charge in [0.05, 0.1) is 30.2 Å². The minimum Gasteiger partial charge on any atom is -0.365 e. The van der Waals surface area contributed by atoms with Crippen LogP contribution in [0.2, 0.25) is 0 Å². The average Bonchev–Trinajstić information content (AvgIpc) is 3.47. The van der Waals surface area contributed by atoms with Crippen molar-refractivity contribution in [2.24, 2.45) is 5.92 Å². The average molecular weight is 588 g/mol. The van der Waals surface area contributed by atoms with Gasteiger partial charge < -0.3 is 9.80 Å². The van der Waals surface area contributed by atoms with Crippen molar-refractivity contribution in [3.63, 3.8) is 0 Å². The Kier molecular flexibility index (Phi) is 7.35. The molecular weight excluding hydrogens is 552 g/mol. The lowest BCUT2D eigenvalue weighted by Gasteiger charge is -2.40. The van der Waals surface area contributed by atoms with E-state index in [0.29, 0.717) is 5.92 Å². The first-order valence-corrected chi connectivity index (χ1v) is 15.6. The Labute approximate surface area is 227 Å². The van der Waals surface area contributed by atoms with Crippen LogP contribution in [0.5, 0.6) is 0 Å². The number of imidazole rings is 1. The van der Waals surface area contributed by atoms with E-state index in [9.17, 15) is 8.42 Å². The second kappa shape index (κ2) is 10.4. The maximum atomic E-state index is 12.4. The molecule has 0 amide bonds. The third-order valence-corrected chi connectivity index (χ3v) is 8.84. The summed E-state index contributed by atoms with van der Waals surface area (Å²) in [5, 5.41) is 4.96. The summed E-state index contributed by atoms with van der Waals surface area (Å²) in [5.74, 6) is 1.70. The number of benzene rings is 1. The van der Waals surface area contributed by atoms with E-state index in [-0.39, 0.29) is 6.04 Å². The standard InChI is InChI=1S/C27H35BrN6O2S/c1-18-12-14-32(16-18)27-19(2)15-25-29-23(17-34(25)30-27)24-11-7-8-13-33(24)20(3)26(31-37(4,35)36)21-9-5-6-10-22(21)28/h5-6,9-10,15,17-18,24,26,31H,3,7-8,11-14,16H2,1-2,4H3/t18-,24-,26?/m0/s1. The number of piperidine rings is 1. The normalized spacial score (nSPS) is 21.5. The molecule has 3 aromatic rings. The molecule has 5 rings (SSSR count). The van der Waals surface area contributed by atoms with E-state index < -0.39 is 16.1 Å². The fourth-order valence-corrected chi connectivity index (χ4v) is 6.81. The van der Waals surface area contributed by atoms with Gasteiger partial charge in [-0.3, -0.25) is 0 Å². The predicted octanol–water partition coefficient (Wildman–Crippen LogP) is 4.98. The summed E-state index contributed by atoms with van der Waals surface area (Å²) >= 11 is 3.60. The number of hydrogen-bond donors (Lipinski definition) is 1. The van der Waals surface area contributed by atoms with Crippen molar-refractivity contribution in [3.05, 3.63) is 70.1 Å². The Hall–Kier alpha value is -2.43. The van der Waals surface area contributed by atoms with Crippen LogP contribution in [0.25, 0.3) is 5.65 Å². The van der Waals surface area contributed by atoms with Gasteiger partial charge >= 0.3 is 0 Å². The Morgan fingerprint density at radius 1 is 1.22 bits per heavy atom. The molecule has 0 saturated carbocycles. The minimum atomic E-state index is -3.49. The van der Waals surface area contributed by atoms with Crippen LogP contribution in [-0.2, 0) is 10.0 Å². The molecule has 1 unspecified atom stereocenters. The third kappa shape index (κ3) is 5.56. The van der Waals surface area contributed by atoms with Crippen molar-refractivity contribution < 1.29 is 8.42 Å². The van der Waals surface area contributed by atoms with Gasteiger partial charge in [0.2, 0.25) is 10.0 Å². The lowest BCUT2D eigenvalue weighted by atomic mass is 9.96. The molecule has 2 aliphatic heterocycles. The topological polar surface area (TPSA) is 82.8 Å². The van der Waals surface area contributed by atoms with Crippen LogP contribution >= 0.6 is 15.9 Å². The van der Waals surface area contributed by atoms with Gasteiger partial charge in [0.25, 0.3) is 0 Å². The van der Waals surface area contributed by atoms with Crippen LogP contribution < -0.4 is 9.62 Å². The Morgan fingerprint density at radius 3 is 2.70 bits per heavy atom. The summed E-state index contributed by atoms with van der Waals surface area (Å²) in [6.45, 7) is 11.7. The summed E-state index contributed by atoms with van der Waals surface area (Å²) in [5.41, 5.74) is 4.45. The fraction of sp³-hybridized carbons (Fsp3) is 0.481. The van der Waals surface area contributed by atoms with E-state index in [1.54, 1.807) is 0 Å². The predicted molar refractivity (Wildman–Crippen MR) is 151 cm³/mol. The molecular formula is C27H35BrN6O2S. The second-order valence-electron chi connectivity index (χ2n) is 10.5. The summed E-state index contributed by atoms with van der Waals surface area (Å²) < 4.78 is 30.3. The first kappa shape index (κ1) is 26.2. The number of nitrogens with zero attached hydrogens (tertiary/aromatic N) is 5. The molecule has 37 heavy (non-hydrogen) atoms. The fourth-order valence-electron chi connectivity index (χ4n) is 5.60. The quantitative estimate of drug-likeness (QED) is 0.420. The van der Waals surface area contributed by atoms with Crippen LogP contribution in [0.4, 0.5) is 5.82 Å². The zero-order chi connectivity index (χ0) is 26.3. The molecule has 2 aromatic heterocycles. The van der Waals surface area contributed by atoms with Gasteiger partial charge in [-0.2, -0.15) is 0 Å². The maximum Gasteiger partial charge on any atom is 0.209 e. The van der Waals surface area contributed by atoms with E-state index in [2.05, 4.69) is 56.9 Å². The number of hydrogen-bond acceptors (Lipinski definition) is 6. The van der Waals surface area contributed by atoms with Crippen LogP contribution in [-0.4, -0.2) is 53.8 Å². The smallest absolute Gasteiger partial charge is 0.209 e. The molecule has 1 N–H and O–H groups in total. The largest absolute Gasteiger partial charge is 0.365 e. The van der Waals surface area contributed by atoms with Gasteiger partial charge in [-0.05, 0) is 61.8 Å². The number of sulfonamides is 1. The molecule has 3 atom stereocenters. The molecule has 1 aromatic carbocycles. The number of likely N-dealkylation sites (tertiary alicyclic amines) is 1. The molecule has 0 bridgehead atoms. The number of nitrogens with one attached hydrogen (secondary N) is 1. The highest BCUT2D eigenvalue weighted by atomic mass is 79.9. The van der Waals surface area contributed by atoms with Gasteiger partial charge in [-0.15, -0.1) is 5.10 Å². The molecule has 2 aliphatic rings. The zero-order valence-electron chi connectivity index (χ0n) is 21.7. The summed E-state index contributed by atoms with van der Waals surface area (Å²) in [7, 11) is -3.49. The van der Waals surface area contributed by atoms with Crippen molar-refractivity contribution in [1.29, 1.82) is 0 Å². The Morgan fingerprint density at radius 2 is 2.00 bits per heavy atom. The molecule has 0 spiro atoms. The van der Waals surface area contributed by atoms with E-state index in [1.165, 1.54) is 12.7 Å². The van der Waals surface area contributed by atoms with E-state index in [4.69, 9.17) is 10.1 Å². The van der Waals surface area contributed by atoms with Crippen LogP contribution in [0.15, 0.2) is 53.3 Å². The van der Waals surface area contributed by atoms with Gasteiger partial charge in [0.1, 0.15) is 0 Å². The van der Waals surface area contributed by atoms with Crippen molar-refractivity contribution >= 4 is 37.4 Å². The molecule has 10 heteroatoms. The zero-order valence-corrected chi connectivity index (χ0v) is 24.1. The number of aromatic nitrogens is 3. The van der Waals surface area contributed by atoms with Gasteiger partial charge in [0.15, 0.2) is 11.5 Å². The number of anilines is 1. The minimum absolute atomic E-state index is 0.00939. The molecule has 0 radical (unpaired) electrons. The number of aryl methyl sites for hydroxylation is 1. The van der Waals surface area contributed by atoms with Crippen molar-refractivity contribution in [3.8, 4) is 0 Å². The Balaban J connectivity index is 1.49. The maximum absolute atomic E-state index is 12.4. The molecule has 2 fully saturated rings. The number of halogens is 1. The molecule has 8 nitrogen and oxygen atoms in total. The van der Waals surface area contributed by atoms with Crippen molar-refractivity contribution in [1.82, 2.24) is 24.2 Å². The Bertz CT molecular complexity index is 1420. The van der Waals surface area contributed by atoms with Gasteiger partial charge in [-0.25, -0.2) is 22.6 Å². The number of fused-ring (bicyclic) bond motifs is 1.